The highest BCUT2D eigenvalue weighted by molar-refractivity contribution is 7.99. The Kier molecular flexibility index (Phi) is 6.29. The van der Waals surface area contributed by atoms with Crippen LogP contribution in [0.25, 0.3) is 5.69 Å². The summed E-state index contributed by atoms with van der Waals surface area (Å²) in [4.78, 5) is 13.8. The molecule has 2 heterocycles. The maximum Gasteiger partial charge on any atom is 0.231 e. The van der Waals surface area contributed by atoms with Crippen LogP contribution in [0.1, 0.15) is 16.5 Å². The number of thioether (sulfide) groups is 1. The molecule has 4 aromatic rings. The second-order valence-electron chi connectivity index (χ2n) is 6.18. The van der Waals surface area contributed by atoms with E-state index in [1.165, 1.54) is 11.8 Å². The number of thiophene rings is 1. The maximum absolute atomic E-state index is 12.7. The van der Waals surface area contributed by atoms with E-state index < -0.39 is 0 Å². The minimum Gasteiger partial charge on any atom is -0.344 e. The van der Waals surface area contributed by atoms with E-state index >= 15 is 0 Å². The second-order valence-corrected chi connectivity index (χ2v) is 8.54. The lowest BCUT2D eigenvalue weighted by Crippen LogP contribution is -2.30. The monoisotopic (exact) mass is 440 g/mol. The number of nitrogens with zero attached hydrogens (tertiary/aromatic N) is 3. The molecule has 1 amide bonds. The molecule has 0 aliphatic carbocycles. The first-order valence-corrected chi connectivity index (χ1v) is 11.1. The molecular weight excluding hydrogens is 424 g/mol. The Bertz CT molecular complexity index is 1080. The van der Waals surface area contributed by atoms with E-state index in [4.69, 9.17) is 11.6 Å². The number of nitrogens with one attached hydrogen (secondary N) is 1. The summed E-state index contributed by atoms with van der Waals surface area (Å²) < 4.78 is 1.82. The molecule has 5 nitrogen and oxygen atoms in total. The fourth-order valence-corrected chi connectivity index (χ4v) is 4.61. The zero-order valence-corrected chi connectivity index (χ0v) is 17.6. The number of carbonyl (C=O) groups excluding carboxylic acids is 1. The topological polar surface area (TPSA) is 59.8 Å². The first-order chi connectivity index (χ1) is 14.2. The molecule has 0 saturated heterocycles. The van der Waals surface area contributed by atoms with E-state index in [1.807, 2.05) is 76.7 Å². The lowest BCUT2D eigenvalue weighted by Gasteiger charge is -2.18. The summed E-state index contributed by atoms with van der Waals surface area (Å²) in [6.45, 7) is 0. The van der Waals surface area contributed by atoms with Crippen molar-refractivity contribution in [2.45, 2.75) is 11.2 Å². The third-order valence-corrected chi connectivity index (χ3v) is 6.32. The predicted molar refractivity (Wildman–Crippen MR) is 118 cm³/mol. The smallest absolute Gasteiger partial charge is 0.231 e. The highest BCUT2D eigenvalue weighted by Crippen LogP contribution is 2.27. The molecule has 29 heavy (non-hydrogen) atoms. The third-order valence-electron chi connectivity index (χ3n) is 4.20. The number of hydrogen-bond acceptors (Lipinski definition) is 5. The molecule has 0 aliphatic rings. The van der Waals surface area contributed by atoms with E-state index in [1.54, 1.807) is 17.7 Å². The Labute approximate surface area is 181 Å². The molecule has 1 N–H and O–H groups in total. The van der Waals surface area contributed by atoms with Crippen molar-refractivity contribution in [1.29, 1.82) is 0 Å². The van der Waals surface area contributed by atoms with Gasteiger partial charge in [-0.15, -0.1) is 21.5 Å². The Morgan fingerprint density at radius 3 is 2.76 bits per heavy atom. The van der Waals surface area contributed by atoms with Gasteiger partial charge in [0, 0.05) is 9.90 Å². The molecule has 0 aliphatic heterocycles. The van der Waals surface area contributed by atoms with Gasteiger partial charge in [0.1, 0.15) is 6.33 Å². The van der Waals surface area contributed by atoms with Gasteiger partial charge >= 0.3 is 0 Å². The number of rotatable bonds is 7. The number of aromatic nitrogens is 3. The van der Waals surface area contributed by atoms with E-state index in [9.17, 15) is 4.79 Å². The van der Waals surface area contributed by atoms with Crippen molar-refractivity contribution < 1.29 is 4.79 Å². The van der Waals surface area contributed by atoms with Gasteiger partial charge in [-0.25, -0.2) is 0 Å². The summed E-state index contributed by atoms with van der Waals surface area (Å²) in [6, 6.07) is 21.2. The number of benzene rings is 2. The number of carbonyl (C=O) groups is 1. The maximum atomic E-state index is 12.7. The molecule has 2 aromatic heterocycles. The molecule has 0 radical (unpaired) electrons. The van der Waals surface area contributed by atoms with E-state index in [-0.39, 0.29) is 17.7 Å². The summed E-state index contributed by atoms with van der Waals surface area (Å²) in [5.74, 6) is 0.159. The van der Waals surface area contributed by atoms with E-state index in [0.717, 1.165) is 16.1 Å². The zero-order valence-electron chi connectivity index (χ0n) is 15.2. The van der Waals surface area contributed by atoms with Crippen molar-refractivity contribution in [3.8, 4) is 5.69 Å². The van der Waals surface area contributed by atoms with Crippen LogP contribution in [0.3, 0.4) is 0 Å². The van der Waals surface area contributed by atoms with Crippen LogP contribution in [0, 0.1) is 0 Å². The summed E-state index contributed by atoms with van der Waals surface area (Å²) in [7, 11) is 0. The molecule has 8 heteroatoms. The number of amides is 1. The molecule has 1 atom stereocenters. The summed E-state index contributed by atoms with van der Waals surface area (Å²) in [5.41, 5.74) is 1.90. The van der Waals surface area contributed by atoms with Gasteiger partial charge in [0.25, 0.3) is 0 Å². The van der Waals surface area contributed by atoms with Crippen molar-refractivity contribution in [3.05, 3.63) is 93.9 Å². The van der Waals surface area contributed by atoms with Crippen LogP contribution in [0.4, 0.5) is 0 Å². The fourth-order valence-electron chi connectivity index (χ4n) is 2.88. The molecular formula is C21H17ClN4OS2. The average Bonchev–Trinajstić information content (AvgIpc) is 3.43. The van der Waals surface area contributed by atoms with Gasteiger partial charge in [-0.2, -0.15) is 0 Å². The van der Waals surface area contributed by atoms with Crippen molar-refractivity contribution >= 4 is 40.6 Å². The molecule has 2 aromatic carbocycles. The highest BCUT2D eigenvalue weighted by atomic mass is 35.5. The molecule has 0 spiro atoms. The van der Waals surface area contributed by atoms with Crippen LogP contribution in [0.5, 0.6) is 0 Å². The molecule has 0 bridgehead atoms. The summed E-state index contributed by atoms with van der Waals surface area (Å²) in [6.07, 6.45) is 1.62. The normalized spacial score (nSPS) is 11.9. The van der Waals surface area contributed by atoms with Gasteiger partial charge in [0.05, 0.1) is 17.5 Å². The van der Waals surface area contributed by atoms with Gasteiger partial charge in [-0.1, -0.05) is 65.8 Å². The minimum atomic E-state index is -0.171. The predicted octanol–water partition coefficient (Wildman–Crippen LogP) is 4.98. The quantitative estimate of drug-likeness (QED) is 0.412. The fraction of sp³-hybridized carbons (Fsp3) is 0.0952. The number of halogens is 1. The average molecular weight is 441 g/mol. The molecule has 4 rings (SSSR count). The summed E-state index contributed by atoms with van der Waals surface area (Å²) >= 11 is 9.04. The largest absolute Gasteiger partial charge is 0.344 e. The van der Waals surface area contributed by atoms with Gasteiger partial charge in [0.15, 0.2) is 5.16 Å². The Hall–Kier alpha value is -2.61. The van der Waals surface area contributed by atoms with Crippen molar-refractivity contribution in [2.75, 3.05) is 5.75 Å². The standard InChI is InChI=1S/C21H17ClN4OS2/c22-16-8-4-9-17(12-16)26-14-23-25-21(26)29-13-19(27)24-20(18-10-5-11-28-18)15-6-2-1-3-7-15/h1-12,14,20H,13H2,(H,24,27)/t20-/m0/s1. The van der Waals surface area contributed by atoms with Gasteiger partial charge in [-0.3, -0.25) is 9.36 Å². The van der Waals surface area contributed by atoms with E-state index in [0.29, 0.717) is 10.2 Å². The van der Waals surface area contributed by atoms with Crippen LogP contribution in [-0.4, -0.2) is 26.4 Å². The van der Waals surface area contributed by atoms with Crippen LogP contribution in [-0.2, 0) is 4.79 Å². The highest BCUT2D eigenvalue weighted by Gasteiger charge is 2.18. The van der Waals surface area contributed by atoms with Crippen LogP contribution >= 0.6 is 34.7 Å². The van der Waals surface area contributed by atoms with Crippen molar-refractivity contribution in [3.63, 3.8) is 0 Å². The van der Waals surface area contributed by atoms with Gasteiger partial charge in [-0.05, 0) is 35.2 Å². The minimum absolute atomic E-state index is 0.0714. The molecule has 0 unspecified atom stereocenters. The van der Waals surface area contributed by atoms with Crippen LogP contribution < -0.4 is 5.32 Å². The van der Waals surface area contributed by atoms with E-state index in [2.05, 4.69) is 15.5 Å². The molecule has 0 saturated carbocycles. The lowest BCUT2D eigenvalue weighted by atomic mass is 10.1. The SMILES string of the molecule is O=C(CSc1nncn1-c1cccc(Cl)c1)N[C@@H](c1ccccc1)c1cccs1. The van der Waals surface area contributed by atoms with Crippen LogP contribution in [0.15, 0.2) is 83.6 Å². The van der Waals surface area contributed by atoms with Gasteiger partial charge in [0.2, 0.25) is 5.91 Å². The van der Waals surface area contributed by atoms with Gasteiger partial charge < -0.3 is 5.32 Å². The Morgan fingerprint density at radius 1 is 1.14 bits per heavy atom. The van der Waals surface area contributed by atoms with Crippen LogP contribution in [0.2, 0.25) is 5.02 Å². The first-order valence-electron chi connectivity index (χ1n) is 8.87. The second kappa shape index (κ2) is 9.26. The molecule has 0 fully saturated rings. The first kappa shape index (κ1) is 19.7. The third kappa shape index (κ3) is 4.87. The zero-order chi connectivity index (χ0) is 20.1. The number of hydrogen-bond donors (Lipinski definition) is 1. The van der Waals surface area contributed by atoms with Crippen molar-refractivity contribution in [2.24, 2.45) is 0 Å². The van der Waals surface area contributed by atoms with Crippen molar-refractivity contribution in [1.82, 2.24) is 20.1 Å². The summed E-state index contributed by atoms with van der Waals surface area (Å²) in [5, 5.41) is 14.5. The molecule has 146 valence electrons. The Morgan fingerprint density at radius 2 is 2.00 bits per heavy atom. The lowest BCUT2D eigenvalue weighted by molar-refractivity contribution is -0.119. The Balaban J connectivity index is 1.46.